The van der Waals surface area contributed by atoms with E-state index in [4.69, 9.17) is 11.6 Å². The Hall–Kier alpha value is -0.960. The van der Waals surface area contributed by atoms with E-state index in [0.717, 1.165) is 30.9 Å². The highest BCUT2D eigenvalue weighted by Crippen LogP contribution is 2.39. The number of anilines is 2. The van der Waals surface area contributed by atoms with Crippen molar-refractivity contribution in [3.63, 3.8) is 0 Å². The van der Waals surface area contributed by atoms with E-state index in [-0.39, 0.29) is 10.8 Å². The summed E-state index contributed by atoms with van der Waals surface area (Å²) in [5, 5.41) is 3.48. The first kappa shape index (κ1) is 10.2. The molecule has 1 aromatic carbocycles. The molecule has 1 saturated carbocycles. The van der Waals surface area contributed by atoms with E-state index in [0.29, 0.717) is 6.04 Å². The summed E-state index contributed by atoms with van der Waals surface area (Å²) in [7, 11) is 0. The summed E-state index contributed by atoms with van der Waals surface area (Å²) in [6.07, 6.45) is 3.58. The maximum Gasteiger partial charge on any atom is 0.143 e. The second-order valence-corrected chi connectivity index (χ2v) is 4.90. The van der Waals surface area contributed by atoms with E-state index in [1.165, 1.54) is 18.9 Å². The zero-order valence-electron chi connectivity index (χ0n) is 8.97. The first-order valence-electron chi connectivity index (χ1n) is 5.75. The van der Waals surface area contributed by atoms with Gasteiger partial charge >= 0.3 is 0 Å². The van der Waals surface area contributed by atoms with Crippen LogP contribution in [0.4, 0.5) is 15.8 Å². The van der Waals surface area contributed by atoms with Crippen LogP contribution in [-0.2, 0) is 0 Å². The van der Waals surface area contributed by atoms with Crippen LogP contribution in [0.2, 0.25) is 5.02 Å². The Kier molecular flexibility index (Phi) is 2.43. The van der Waals surface area contributed by atoms with E-state index in [9.17, 15) is 4.39 Å². The third-order valence-electron chi connectivity index (χ3n) is 3.23. The molecule has 1 aromatic rings. The van der Waals surface area contributed by atoms with E-state index in [2.05, 4.69) is 10.2 Å². The van der Waals surface area contributed by atoms with Crippen LogP contribution in [0.3, 0.4) is 0 Å². The van der Waals surface area contributed by atoms with Crippen LogP contribution in [0, 0.1) is 5.82 Å². The van der Waals surface area contributed by atoms with Gasteiger partial charge in [-0.15, -0.1) is 0 Å². The fraction of sp³-hybridized carbons (Fsp3) is 0.500. The normalized spacial score (nSPS) is 20.0. The first-order valence-corrected chi connectivity index (χ1v) is 6.13. The highest BCUT2D eigenvalue weighted by Gasteiger charge is 2.31. The molecule has 0 aromatic heterocycles. The fourth-order valence-corrected chi connectivity index (χ4v) is 2.43. The molecule has 0 spiro atoms. The SMILES string of the molecule is Fc1cc2c(cc1Cl)N(C1CC1)CCCN2. The van der Waals surface area contributed by atoms with Crippen LogP contribution in [0.5, 0.6) is 0 Å². The van der Waals surface area contributed by atoms with Gasteiger partial charge in [-0.05, 0) is 25.3 Å². The third kappa shape index (κ3) is 1.73. The van der Waals surface area contributed by atoms with Gasteiger partial charge in [0.15, 0.2) is 0 Å². The number of benzene rings is 1. The largest absolute Gasteiger partial charge is 0.383 e. The molecular weight excluding hydrogens is 227 g/mol. The van der Waals surface area contributed by atoms with Gasteiger partial charge < -0.3 is 10.2 Å². The minimum Gasteiger partial charge on any atom is -0.383 e. The smallest absolute Gasteiger partial charge is 0.143 e. The molecule has 2 aliphatic rings. The molecule has 0 unspecified atom stereocenters. The van der Waals surface area contributed by atoms with E-state index in [1.54, 1.807) is 6.07 Å². The van der Waals surface area contributed by atoms with Gasteiger partial charge in [0.05, 0.1) is 16.4 Å². The van der Waals surface area contributed by atoms with Crippen molar-refractivity contribution in [3.05, 3.63) is 23.0 Å². The minimum atomic E-state index is -0.342. The second kappa shape index (κ2) is 3.81. The summed E-state index contributed by atoms with van der Waals surface area (Å²) in [5.74, 6) is -0.342. The van der Waals surface area contributed by atoms with E-state index < -0.39 is 0 Å². The lowest BCUT2D eigenvalue weighted by Crippen LogP contribution is -2.26. The van der Waals surface area contributed by atoms with Gasteiger partial charge in [0.1, 0.15) is 5.82 Å². The molecular formula is C12H14ClFN2. The van der Waals surface area contributed by atoms with Crippen LogP contribution < -0.4 is 10.2 Å². The van der Waals surface area contributed by atoms with Crippen LogP contribution in [0.15, 0.2) is 12.1 Å². The Labute approximate surface area is 99.4 Å². The molecule has 86 valence electrons. The van der Waals surface area contributed by atoms with Crippen LogP contribution in [-0.4, -0.2) is 19.1 Å². The Morgan fingerprint density at radius 3 is 2.94 bits per heavy atom. The Morgan fingerprint density at radius 2 is 2.19 bits per heavy atom. The second-order valence-electron chi connectivity index (χ2n) is 4.49. The molecule has 2 nitrogen and oxygen atoms in total. The van der Waals surface area contributed by atoms with E-state index >= 15 is 0 Å². The number of nitrogens with one attached hydrogen (secondary N) is 1. The summed E-state index contributed by atoms with van der Waals surface area (Å²) < 4.78 is 13.4. The lowest BCUT2D eigenvalue weighted by Gasteiger charge is -2.24. The van der Waals surface area contributed by atoms with Crippen molar-refractivity contribution in [2.75, 3.05) is 23.3 Å². The fourth-order valence-electron chi connectivity index (χ4n) is 2.27. The summed E-state index contributed by atoms with van der Waals surface area (Å²) in [6.45, 7) is 1.93. The maximum absolute atomic E-state index is 13.4. The molecule has 0 saturated heterocycles. The van der Waals surface area contributed by atoms with Crippen LogP contribution in [0.1, 0.15) is 19.3 Å². The molecule has 0 amide bonds. The summed E-state index contributed by atoms with van der Waals surface area (Å²) in [6, 6.07) is 3.90. The number of hydrogen-bond donors (Lipinski definition) is 1. The number of nitrogens with zero attached hydrogens (tertiary/aromatic N) is 1. The highest BCUT2D eigenvalue weighted by molar-refractivity contribution is 6.31. The van der Waals surface area contributed by atoms with Crippen molar-refractivity contribution in [1.82, 2.24) is 0 Å². The average Bonchev–Trinajstić information content (AvgIpc) is 3.05. The van der Waals surface area contributed by atoms with Gasteiger partial charge in [-0.25, -0.2) is 4.39 Å². The van der Waals surface area contributed by atoms with Gasteiger partial charge in [-0.3, -0.25) is 0 Å². The van der Waals surface area contributed by atoms with Gasteiger partial charge in [0.25, 0.3) is 0 Å². The van der Waals surface area contributed by atoms with Gasteiger partial charge in [-0.1, -0.05) is 11.6 Å². The number of fused-ring (bicyclic) bond motifs is 1. The zero-order chi connectivity index (χ0) is 11.1. The number of halogens is 2. The van der Waals surface area contributed by atoms with Crippen molar-refractivity contribution >= 4 is 23.0 Å². The monoisotopic (exact) mass is 240 g/mol. The molecule has 1 aliphatic heterocycles. The lowest BCUT2D eigenvalue weighted by molar-refractivity contribution is 0.628. The lowest BCUT2D eigenvalue weighted by atomic mass is 10.2. The van der Waals surface area contributed by atoms with Crippen LogP contribution in [0.25, 0.3) is 0 Å². The van der Waals surface area contributed by atoms with Gasteiger partial charge in [-0.2, -0.15) is 0 Å². The molecule has 3 rings (SSSR count). The van der Waals surface area contributed by atoms with Gasteiger partial charge in [0, 0.05) is 25.2 Å². The first-order chi connectivity index (χ1) is 7.75. The van der Waals surface area contributed by atoms with Crippen LogP contribution >= 0.6 is 11.6 Å². The predicted molar refractivity (Wildman–Crippen MR) is 64.9 cm³/mol. The zero-order valence-corrected chi connectivity index (χ0v) is 9.73. The van der Waals surface area contributed by atoms with Crippen molar-refractivity contribution in [2.45, 2.75) is 25.3 Å². The van der Waals surface area contributed by atoms with Crippen molar-refractivity contribution in [3.8, 4) is 0 Å². The molecule has 0 bridgehead atoms. The number of hydrogen-bond acceptors (Lipinski definition) is 2. The predicted octanol–water partition coefficient (Wildman–Crippen LogP) is 3.26. The van der Waals surface area contributed by atoms with Crippen molar-refractivity contribution in [1.29, 1.82) is 0 Å². The Morgan fingerprint density at radius 1 is 1.38 bits per heavy atom. The highest BCUT2D eigenvalue weighted by atomic mass is 35.5. The van der Waals surface area contributed by atoms with Crippen molar-refractivity contribution in [2.24, 2.45) is 0 Å². The number of rotatable bonds is 1. The maximum atomic E-state index is 13.4. The quantitative estimate of drug-likeness (QED) is 0.811. The third-order valence-corrected chi connectivity index (χ3v) is 3.52. The minimum absolute atomic E-state index is 0.216. The molecule has 0 atom stereocenters. The standard InChI is InChI=1S/C12H14ClFN2/c13-9-6-12-11(7-10(9)14)15-4-1-5-16(12)8-2-3-8/h6-8,15H,1-5H2. The molecule has 16 heavy (non-hydrogen) atoms. The molecule has 4 heteroatoms. The summed E-state index contributed by atoms with van der Waals surface area (Å²) >= 11 is 5.86. The van der Waals surface area contributed by atoms with E-state index in [1.807, 2.05) is 0 Å². The Bertz CT molecular complexity index is 418. The Balaban J connectivity index is 2.05. The van der Waals surface area contributed by atoms with Gasteiger partial charge in [0.2, 0.25) is 0 Å². The average molecular weight is 241 g/mol. The molecule has 0 radical (unpaired) electrons. The molecule has 1 fully saturated rings. The molecule has 1 heterocycles. The molecule has 1 N–H and O–H groups in total. The summed E-state index contributed by atoms with van der Waals surface area (Å²) in [4.78, 5) is 2.36. The summed E-state index contributed by atoms with van der Waals surface area (Å²) in [5.41, 5.74) is 1.94. The molecule has 1 aliphatic carbocycles. The van der Waals surface area contributed by atoms with Crippen molar-refractivity contribution < 1.29 is 4.39 Å². The topological polar surface area (TPSA) is 15.3 Å².